The van der Waals surface area contributed by atoms with Crippen LogP contribution < -0.4 is 0 Å². The standard InChI is InChI=1S/C18H26N2O4/c1-18(2,3)24-17(23)19-12-9-14(10-13-19)7-8-16(22)20-11-5-4-6-15(20)21/h4,6-8,14H,5,9-13H2,1-3H3/b8-7+. The van der Waals surface area contributed by atoms with E-state index in [4.69, 9.17) is 4.74 Å². The number of carbonyl (C=O) groups is 3. The third-order valence-electron chi connectivity index (χ3n) is 4.01. The Balaban J connectivity index is 1.80. The molecule has 0 radical (unpaired) electrons. The van der Waals surface area contributed by atoms with Crippen LogP contribution in [0.15, 0.2) is 24.3 Å². The molecule has 2 heterocycles. The highest BCUT2D eigenvalue weighted by Gasteiger charge is 2.26. The highest BCUT2D eigenvalue weighted by molar-refractivity contribution is 6.05. The zero-order valence-electron chi connectivity index (χ0n) is 14.7. The molecule has 0 aromatic heterocycles. The lowest BCUT2D eigenvalue weighted by molar-refractivity contribution is -0.139. The van der Waals surface area contributed by atoms with Gasteiger partial charge in [-0.25, -0.2) is 4.79 Å². The van der Waals surface area contributed by atoms with Crippen molar-refractivity contribution in [3.8, 4) is 0 Å². The van der Waals surface area contributed by atoms with Crippen LogP contribution in [0.25, 0.3) is 0 Å². The Morgan fingerprint density at radius 1 is 1.21 bits per heavy atom. The van der Waals surface area contributed by atoms with Crippen molar-refractivity contribution < 1.29 is 19.1 Å². The molecule has 6 heteroatoms. The van der Waals surface area contributed by atoms with Gasteiger partial charge in [0.25, 0.3) is 11.8 Å². The fourth-order valence-corrected chi connectivity index (χ4v) is 2.72. The number of rotatable bonds is 2. The van der Waals surface area contributed by atoms with Crippen LogP contribution in [-0.4, -0.2) is 52.9 Å². The third-order valence-corrected chi connectivity index (χ3v) is 4.01. The number of nitrogens with zero attached hydrogens (tertiary/aromatic N) is 2. The molecule has 0 aliphatic carbocycles. The minimum Gasteiger partial charge on any atom is -0.444 e. The lowest BCUT2D eigenvalue weighted by Gasteiger charge is -2.32. The molecule has 24 heavy (non-hydrogen) atoms. The Labute approximate surface area is 143 Å². The molecule has 2 aliphatic rings. The van der Waals surface area contributed by atoms with Gasteiger partial charge in [-0.2, -0.15) is 0 Å². The zero-order chi connectivity index (χ0) is 17.7. The zero-order valence-corrected chi connectivity index (χ0v) is 14.7. The summed E-state index contributed by atoms with van der Waals surface area (Å²) in [6.07, 6.45) is 8.57. The fraction of sp³-hybridized carbons (Fsp3) is 0.611. The molecule has 0 aromatic carbocycles. The van der Waals surface area contributed by atoms with E-state index in [9.17, 15) is 14.4 Å². The van der Waals surface area contributed by atoms with Gasteiger partial charge in [-0.1, -0.05) is 12.2 Å². The minimum absolute atomic E-state index is 0.239. The maximum absolute atomic E-state index is 12.1. The first-order chi connectivity index (χ1) is 11.3. The van der Waals surface area contributed by atoms with E-state index in [1.807, 2.05) is 26.8 Å². The number of hydrogen-bond acceptors (Lipinski definition) is 4. The Morgan fingerprint density at radius 2 is 1.88 bits per heavy atom. The van der Waals surface area contributed by atoms with Gasteiger partial charge in [-0.15, -0.1) is 0 Å². The number of likely N-dealkylation sites (tertiary alicyclic amines) is 1. The number of amides is 3. The quantitative estimate of drug-likeness (QED) is 0.728. The number of piperidine rings is 1. The maximum Gasteiger partial charge on any atom is 0.410 e. The van der Waals surface area contributed by atoms with E-state index in [-0.39, 0.29) is 23.8 Å². The van der Waals surface area contributed by atoms with Crippen LogP contribution in [0.2, 0.25) is 0 Å². The summed E-state index contributed by atoms with van der Waals surface area (Å²) >= 11 is 0. The normalized spacial score (nSPS) is 19.9. The van der Waals surface area contributed by atoms with E-state index in [2.05, 4.69) is 0 Å². The van der Waals surface area contributed by atoms with Crippen LogP contribution in [0, 0.1) is 5.92 Å². The fourth-order valence-electron chi connectivity index (χ4n) is 2.72. The highest BCUT2D eigenvalue weighted by Crippen LogP contribution is 2.21. The molecule has 0 N–H and O–H groups in total. The predicted molar refractivity (Wildman–Crippen MR) is 90.1 cm³/mol. The number of allylic oxidation sites excluding steroid dienone is 1. The topological polar surface area (TPSA) is 66.9 Å². The van der Waals surface area contributed by atoms with Gasteiger partial charge in [-0.3, -0.25) is 14.5 Å². The first kappa shape index (κ1) is 18.2. The van der Waals surface area contributed by atoms with Gasteiger partial charge in [0.2, 0.25) is 0 Å². The number of hydrogen-bond donors (Lipinski definition) is 0. The molecule has 0 spiro atoms. The summed E-state index contributed by atoms with van der Waals surface area (Å²) < 4.78 is 5.37. The summed E-state index contributed by atoms with van der Waals surface area (Å²) in [5.74, 6) is -0.280. The second-order valence-electron chi connectivity index (χ2n) is 7.18. The number of carbonyl (C=O) groups excluding carboxylic acids is 3. The van der Waals surface area contributed by atoms with Crippen molar-refractivity contribution in [1.82, 2.24) is 9.80 Å². The van der Waals surface area contributed by atoms with E-state index in [1.165, 1.54) is 17.1 Å². The molecular weight excluding hydrogens is 308 g/mol. The molecule has 0 bridgehead atoms. The molecule has 0 saturated carbocycles. The van der Waals surface area contributed by atoms with Crippen LogP contribution in [0.3, 0.4) is 0 Å². The van der Waals surface area contributed by atoms with Gasteiger partial charge in [0.15, 0.2) is 0 Å². The van der Waals surface area contributed by atoms with Gasteiger partial charge < -0.3 is 9.64 Å². The van der Waals surface area contributed by atoms with Crippen molar-refractivity contribution in [3.63, 3.8) is 0 Å². The highest BCUT2D eigenvalue weighted by atomic mass is 16.6. The third kappa shape index (κ3) is 5.22. The largest absolute Gasteiger partial charge is 0.444 e. The van der Waals surface area contributed by atoms with Crippen molar-refractivity contribution >= 4 is 17.9 Å². The number of ether oxygens (including phenoxy) is 1. The average Bonchev–Trinajstić information content (AvgIpc) is 2.52. The lowest BCUT2D eigenvalue weighted by Crippen LogP contribution is -2.41. The Hall–Kier alpha value is -2.11. The predicted octanol–water partition coefficient (Wildman–Crippen LogP) is 2.50. The van der Waals surface area contributed by atoms with Crippen LogP contribution in [0.1, 0.15) is 40.0 Å². The molecule has 1 saturated heterocycles. The number of imide groups is 1. The summed E-state index contributed by atoms with van der Waals surface area (Å²) in [4.78, 5) is 38.7. The summed E-state index contributed by atoms with van der Waals surface area (Å²) in [6.45, 7) is 7.22. The van der Waals surface area contributed by atoms with Crippen molar-refractivity contribution in [3.05, 3.63) is 24.3 Å². The summed E-state index contributed by atoms with van der Waals surface area (Å²) in [7, 11) is 0. The van der Waals surface area contributed by atoms with Crippen LogP contribution >= 0.6 is 0 Å². The molecule has 2 aliphatic heterocycles. The molecular formula is C18H26N2O4. The van der Waals surface area contributed by atoms with Gasteiger partial charge in [0.1, 0.15) is 5.60 Å². The molecule has 2 rings (SSSR count). The minimum atomic E-state index is -0.490. The van der Waals surface area contributed by atoms with Gasteiger partial charge in [0, 0.05) is 19.6 Å². The van der Waals surface area contributed by atoms with Crippen molar-refractivity contribution in [2.75, 3.05) is 19.6 Å². The van der Waals surface area contributed by atoms with Crippen LogP contribution in [0.5, 0.6) is 0 Å². The summed E-state index contributed by atoms with van der Waals surface area (Å²) in [6, 6.07) is 0. The molecule has 132 valence electrons. The first-order valence-electron chi connectivity index (χ1n) is 8.44. The average molecular weight is 334 g/mol. The van der Waals surface area contributed by atoms with Crippen LogP contribution in [-0.2, 0) is 14.3 Å². The van der Waals surface area contributed by atoms with E-state index in [0.717, 1.165) is 12.8 Å². The van der Waals surface area contributed by atoms with Gasteiger partial charge >= 0.3 is 6.09 Å². The molecule has 0 aromatic rings. The molecule has 1 fully saturated rings. The molecule has 0 atom stereocenters. The van der Waals surface area contributed by atoms with E-state index >= 15 is 0 Å². The van der Waals surface area contributed by atoms with Crippen molar-refractivity contribution in [2.24, 2.45) is 5.92 Å². The van der Waals surface area contributed by atoms with Crippen LogP contribution in [0.4, 0.5) is 4.79 Å². The molecule has 0 unspecified atom stereocenters. The Morgan fingerprint density at radius 3 is 2.46 bits per heavy atom. The van der Waals surface area contributed by atoms with Gasteiger partial charge in [0.05, 0.1) is 0 Å². The van der Waals surface area contributed by atoms with Gasteiger partial charge in [-0.05, 0) is 58.1 Å². The SMILES string of the molecule is CC(C)(C)OC(=O)N1CCC(/C=C/C(=O)N2CCC=CC2=O)CC1. The lowest BCUT2D eigenvalue weighted by atomic mass is 9.96. The maximum atomic E-state index is 12.1. The van der Waals surface area contributed by atoms with E-state index in [0.29, 0.717) is 26.1 Å². The molecule has 3 amide bonds. The van der Waals surface area contributed by atoms with Crippen molar-refractivity contribution in [2.45, 2.75) is 45.6 Å². The van der Waals surface area contributed by atoms with E-state index < -0.39 is 5.60 Å². The molecule has 6 nitrogen and oxygen atoms in total. The summed E-state index contributed by atoms with van der Waals surface area (Å²) in [5, 5.41) is 0. The second-order valence-corrected chi connectivity index (χ2v) is 7.18. The summed E-state index contributed by atoms with van der Waals surface area (Å²) in [5.41, 5.74) is -0.490. The Kier molecular flexibility index (Phi) is 5.80. The monoisotopic (exact) mass is 334 g/mol. The van der Waals surface area contributed by atoms with Crippen molar-refractivity contribution in [1.29, 1.82) is 0 Å². The van der Waals surface area contributed by atoms with E-state index in [1.54, 1.807) is 11.0 Å². The smallest absolute Gasteiger partial charge is 0.410 e. The Bertz CT molecular complexity index is 552. The second kappa shape index (κ2) is 7.64. The first-order valence-corrected chi connectivity index (χ1v) is 8.44.